The third kappa shape index (κ3) is 3.95. The molecule has 6 nitrogen and oxygen atoms in total. The molecule has 7 heteroatoms. The van der Waals surface area contributed by atoms with Gasteiger partial charge in [-0.2, -0.15) is 0 Å². The van der Waals surface area contributed by atoms with Crippen molar-refractivity contribution in [2.45, 2.75) is 19.4 Å². The first-order valence-electron chi connectivity index (χ1n) is 11.4. The summed E-state index contributed by atoms with van der Waals surface area (Å²) in [6.07, 6.45) is 2.52. The lowest BCUT2D eigenvalue weighted by Crippen LogP contribution is -2.29. The van der Waals surface area contributed by atoms with Gasteiger partial charge >= 0.3 is 0 Å². The Morgan fingerprint density at radius 1 is 1.06 bits per heavy atom. The number of para-hydroxylation sites is 1. The van der Waals surface area contributed by atoms with Crippen LogP contribution in [0.25, 0.3) is 16.7 Å². The minimum atomic E-state index is -0.965. The van der Waals surface area contributed by atoms with Crippen molar-refractivity contribution in [3.05, 3.63) is 102 Å². The second-order valence-electron chi connectivity index (χ2n) is 8.31. The number of ketones is 1. The molecular formula is C28H23FN2O4. The van der Waals surface area contributed by atoms with Gasteiger partial charge in [0.25, 0.3) is 11.7 Å². The van der Waals surface area contributed by atoms with Crippen LogP contribution in [0.15, 0.2) is 84.6 Å². The van der Waals surface area contributed by atoms with Gasteiger partial charge in [-0.3, -0.25) is 14.5 Å². The minimum absolute atomic E-state index is 0.0725. The van der Waals surface area contributed by atoms with Crippen LogP contribution in [-0.4, -0.2) is 28.4 Å². The monoisotopic (exact) mass is 470 g/mol. The standard InChI is InChI=1S/C28H23FN2O4/c1-2-13-35-20-10-5-7-17(14-20)26(32)24-25(22-16-30-23-12-4-3-11-21(22)23)31(28(34)27(24)33)19-9-6-8-18(29)15-19/h3-12,14-16,25,30,32H,2,13H2,1H3/b26-24+. The predicted molar refractivity (Wildman–Crippen MR) is 132 cm³/mol. The number of nitrogens with zero attached hydrogens (tertiary/aromatic N) is 1. The van der Waals surface area contributed by atoms with Crippen LogP contribution in [0.5, 0.6) is 5.75 Å². The molecule has 1 aliphatic heterocycles. The number of hydrogen-bond donors (Lipinski definition) is 2. The first-order valence-corrected chi connectivity index (χ1v) is 11.4. The molecule has 1 fully saturated rings. The van der Waals surface area contributed by atoms with Crippen molar-refractivity contribution in [1.82, 2.24) is 4.98 Å². The number of fused-ring (bicyclic) bond motifs is 1. The quantitative estimate of drug-likeness (QED) is 0.214. The number of benzene rings is 3. The lowest BCUT2D eigenvalue weighted by molar-refractivity contribution is -0.132. The number of nitrogens with one attached hydrogen (secondary N) is 1. The molecule has 35 heavy (non-hydrogen) atoms. The Balaban J connectivity index is 1.73. The molecule has 1 aromatic heterocycles. The van der Waals surface area contributed by atoms with Crippen molar-refractivity contribution in [2.75, 3.05) is 11.5 Å². The summed E-state index contributed by atoms with van der Waals surface area (Å²) in [4.78, 5) is 31.0. The third-order valence-electron chi connectivity index (χ3n) is 6.03. The van der Waals surface area contributed by atoms with Gasteiger partial charge in [-0.25, -0.2) is 4.39 Å². The molecule has 4 aromatic rings. The van der Waals surface area contributed by atoms with Gasteiger partial charge in [-0.15, -0.1) is 0 Å². The van der Waals surface area contributed by atoms with E-state index in [0.29, 0.717) is 23.5 Å². The van der Waals surface area contributed by atoms with Gasteiger partial charge in [-0.05, 0) is 42.8 Å². The van der Waals surface area contributed by atoms with Crippen molar-refractivity contribution in [2.24, 2.45) is 0 Å². The number of hydrogen-bond acceptors (Lipinski definition) is 4. The number of carbonyl (C=O) groups is 2. The SMILES string of the molecule is CCCOc1cccc(/C(O)=C2\C(=O)C(=O)N(c3cccc(F)c3)C2c2c[nH]c3ccccc23)c1. The molecule has 0 bridgehead atoms. The largest absolute Gasteiger partial charge is 0.507 e. The Bertz CT molecular complexity index is 1470. The van der Waals surface area contributed by atoms with E-state index in [9.17, 15) is 19.1 Å². The molecule has 176 valence electrons. The highest BCUT2D eigenvalue weighted by molar-refractivity contribution is 6.51. The molecule has 2 N–H and O–H groups in total. The Morgan fingerprint density at radius 3 is 2.66 bits per heavy atom. The number of aromatic amines is 1. The fourth-order valence-electron chi connectivity index (χ4n) is 4.45. The molecule has 1 amide bonds. The summed E-state index contributed by atoms with van der Waals surface area (Å²) in [6.45, 7) is 2.49. The lowest BCUT2D eigenvalue weighted by Gasteiger charge is -2.25. The fraction of sp³-hybridized carbons (Fsp3) is 0.143. The molecule has 1 atom stereocenters. The molecule has 0 aliphatic carbocycles. The molecule has 1 aliphatic rings. The van der Waals surface area contributed by atoms with E-state index in [1.807, 2.05) is 31.2 Å². The second-order valence-corrected chi connectivity index (χ2v) is 8.31. The van der Waals surface area contributed by atoms with Crippen LogP contribution in [-0.2, 0) is 9.59 Å². The summed E-state index contributed by atoms with van der Waals surface area (Å²) in [5, 5.41) is 12.1. The number of amides is 1. The van der Waals surface area contributed by atoms with E-state index in [2.05, 4.69) is 4.98 Å². The van der Waals surface area contributed by atoms with Crippen molar-refractivity contribution in [1.29, 1.82) is 0 Å². The van der Waals surface area contributed by atoms with E-state index in [4.69, 9.17) is 4.74 Å². The van der Waals surface area contributed by atoms with Gasteiger partial charge < -0.3 is 14.8 Å². The van der Waals surface area contributed by atoms with Crippen LogP contribution < -0.4 is 9.64 Å². The van der Waals surface area contributed by atoms with Gasteiger partial charge in [-0.1, -0.05) is 43.3 Å². The number of aliphatic hydroxyl groups excluding tert-OH is 1. The average molecular weight is 471 g/mol. The smallest absolute Gasteiger partial charge is 0.300 e. The normalized spacial score (nSPS) is 17.3. The van der Waals surface area contributed by atoms with Gasteiger partial charge in [0.05, 0.1) is 18.2 Å². The molecule has 0 spiro atoms. The Hall–Kier alpha value is -4.39. The van der Waals surface area contributed by atoms with Gasteiger partial charge in [0.2, 0.25) is 0 Å². The topological polar surface area (TPSA) is 82.6 Å². The van der Waals surface area contributed by atoms with Crippen LogP contribution in [0.4, 0.5) is 10.1 Å². The number of aromatic nitrogens is 1. The number of H-pyrrole nitrogens is 1. The van der Waals surface area contributed by atoms with E-state index in [1.54, 1.807) is 36.5 Å². The van der Waals surface area contributed by atoms with E-state index < -0.39 is 23.5 Å². The number of ether oxygens (including phenoxy) is 1. The van der Waals surface area contributed by atoms with Gasteiger partial charge in [0.1, 0.15) is 17.3 Å². The average Bonchev–Trinajstić information content (AvgIpc) is 3.41. The van der Waals surface area contributed by atoms with Gasteiger partial charge in [0, 0.05) is 33.9 Å². The van der Waals surface area contributed by atoms with Crippen LogP contribution >= 0.6 is 0 Å². The van der Waals surface area contributed by atoms with E-state index in [0.717, 1.165) is 17.3 Å². The van der Waals surface area contributed by atoms with Crippen LogP contribution in [0, 0.1) is 5.82 Å². The van der Waals surface area contributed by atoms with Crippen LogP contribution in [0.3, 0.4) is 0 Å². The van der Waals surface area contributed by atoms with Crippen molar-refractivity contribution < 1.29 is 23.8 Å². The highest BCUT2D eigenvalue weighted by Crippen LogP contribution is 2.44. The maximum Gasteiger partial charge on any atom is 0.300 e. The molecule has 2 heterocycles. The highest BCUT2D eigenvalue weighted by Gasteiger charge is 2.47. The zero-order valence-electron chi connectivity index (χ0n) is 19.0. The molecule has 0 radical (unpaired) electrons. The molecule has 1 unspecified atom stereocenters. The van der Waals surface area contributed by atoms with Crippen molar-refractivity contribution in [3.8, 4) is 5.75 Å². The summed E-state index contributed by atoms with van der Waals surface area (Å²) < 4.78 is 19.8. The highest BCUT2D eigenvalue weighted by atomic mass is 19.1. The summed E-state index contributed by atoms with van der Waals surface area (Å²) in [7, 11) is 0. The van der Waals surface area contributed by atoms with Crippen LogP contribution in [0.1, 0.15) is 30.5 Å². The summed E-state index contributed by atoms with van der Waals surface area (Å²) in [5.74, 6) is -2.01. The number of halogens is 1. The second kappa shape index (κ2) is 9.10. The number of aliphatic hydroxyl groups is 1. The molecular weight excluding hydrogens is 447 g/mol. The predicted octanol–water partition coefficient (Wildman–Crippen LogP) is 5.72. The number of carbonyl (C=O) groups excluding carboxylic acids is 2. The number of rotatable bonds is 6. The molecule has 5 rings (SSSR count). The molecule has 1 saturated heterocycles. The Labute approximate surface area is 201 Å². The van der Waals surface area contributed by atoms with E-state index >= 15 is 0 Å². The summed E-state index contributed by atoms with van der Waals surface area (Å²) in [5.41, 5.74) is 1.92. The summed E-state index contributed by atoms with van der Waals surface area (Å²) in [6, 6.07) is 18.8. The maximum absolute atomic E-state index is 14.1. The van der Waals surface area contributed by atoms with E-state index in [-0.39, 0.29) is 17.0 Å². The number of anilines is 1. The first-order chi connectivity index (χ1) is 17.0. The van der Waals surface area contributed by atoms with Gasteiger partial charge in [0.15, 0.2) is 0 Å². The maximum atomic E-state index is 14.1. The molecule has 0 saturated carbocycles. The van der Waals surface area contributed by atoms with Crippen molar-refractivity contribution in [3.63, 3.8) is 0 Å². The van der Waals surface area contributed by atoms with Crippen LogP contribution in [0.2, 0.25) is 0 Å². The third-order valence-corrected chi connectivity index (χ3v) is 6.03. The number of Topliss-reactive ketones (excluding diaryl/α,β-unsaturated/α-hetero) is 1. The zero-order chi connectivity index (χ0) is 24.5. The fourth-order valence-corrected chi connectivity index (χ4v) is 4.45. The van der Waals surface area contributed by atoms with E-state index in [1.165, 1.54) is 23.1 Å². The minimum Gasteiger partial charge on any atom is -0.507 e. The zero-order valence-corrected chi connectivity index (χ0v) is 19.0. The lowest BCUT2D eigenvalue weighted by atomic mass is 9.94. The Morgan fingerprint density at radius 2 is 1.86 bits per heavy atom. The van der Waals surface area contributed by atoms with Crippen molar-refractivity contribution >= 4 is 34.0 Å². The summed E-state index contributed by atoms with van der Waals surface area (Å²) >= 11 is 0. The molecule has 3 aromatic carbocycles. The Kier molecular flexibility index (Phi) is 5.82. The first kappa shape index (κ1) is 22.4.